The molecular formula is C13H18O2. The molecular weight excluding hydrogens is 188 g/mol. The van der Waals surface area contributed by atoms with Crippen molar-refractivity contribution in [3.63, 3.8) is 0 Å². The van der Waals surface area contributed by atoms with Gasteiger partial charge in [0.25, 0.3) is 0 Å². The van der Waals surface area contributed by atoms with Gasteiger partial charge in [-0.15, -0.1) is 19.7 Å². The molecule has 0 aliphatic heterocycles. The molecule has 0 aromatic heterocycles. The molecule has 0 aliphatic carbocycles. The normalized spacial score (nSPS) is 10.1. The molecule has 82 valence electrons. The van der Waals surface area contributed by atoms with Crippen LogP contribution in [-0.4, -0.2) is 12.6 Å². The van der Waals surface area contributed by atoms with Gasteiger partial charge >= 0.3 is 5.97 Å². The lowest BCUT2D eigenvalue weighted by molar-refractivity contribution is -0.139. The first-order valence-electron chi connectivity index (χ1n) is 4.81. The smallest absolute Gasteiger partial charge is 0.330 e. The summed E-state index contributed by atoms with van der Waals surface area (Å²) in [7, 11) is 0. The summed E-state index contributed by atoms with van der Waals surface area (Å²) < 4.78 is 5.00. The number of hydrogen-bond acceptors (Lipinski definition) is 2. The predicted octanol–water partition coefficient (Wildman–Crippen LogP) is 3.04. The molecule has 0 aromatic carbocycles. The van der Waals surface area contributed by atoms with Gasteiger partial charge in [-0.3, -0.25) is 0 Å². The molecule has 0 spiro atoms. The van der Waals surface area contributed by atoms with Crippen LogP contribution >= 0.6 is 0 Å². The molecule has 0 radical (unpaired) electrons. The predicted molar refractivity (Wildman–Crippen MR) is 63.4 cm³/mol. The molecule has 0 heterocycles. The van der Waals surface area contributed by atoms with Crippen LogP contribution in [-0.2, 0) is 9.53 Å². The second-order valence-electron chi connectivity index (χ2n) is 3.28. The maximum Gasteiger partial charge on any atom is 0.330 e. The zero-order valence-corrected chi connectivity index (χ0v) is 9.08. The zero-order chi connectivity index (χ0) is 11.7. The lowest BCUT2D eigenvalue weighted by Gasteiger charge is -2.25. The number of ether oxygens (including phenoxy) is 1. The van der Waals surface area contributed by atoms with Crippen LogP contribution in [0, 0.1) is 5.41 Å². The van der Waals surface area contributed by atoms with E-state index in [-0.39, 0.29) is 12.0 Å². The monoisotopic (exact) mass is 206 g/mol. The molecule has 0 saturated carbocycles. The van der Waals surface area contributed by atoms with Crippen molar-refractivity contribution in [2.45, 2.75) is 12.8 Å². The highest BCUT2D eigenvalue weighted by Crippen LogP contribution is 2.27. The van der Waals surface area contributed by atoms with E-state index in [1.807, 2.05) is 6.08 Å². The summed E-state index contributed by atoms with van der Waals surface area (Å²) in [6, 6.07) is 0. The lowest BCUT2D eigenvalue weighted by Crippen LogP contribution is -2.23. The topological polar surface area (TPSA) is 26.3 Å². The Hall–Kier alpha value is -1.57. The third kappa shape index (κ3) is 4.45. The highest BCUT2D eigenvalue weighted by molar-refractivity contribution is 5.81. The van der Waals surface area contributed by atoms with Crippen LogP contribution in [0.5, 0.6) is 0 Å². The van der Waals surface area contributed by atoms with E-state index in [0.29, 0.717) is 0 Å². The van der Waals surface area contributed by atoms with E-state index in [1.54, 1.807) is 12.2 Å². The fourth-order valence-electron chi connectivity index (χ4n) is 1.11. The SMILES string of the molecule is C=CCCC(C=C)(C=C)COC(=O)C=C. The fraction of sp³-hybridized carbons (Fsp3) is 0.308. The summed E-state index contributed by atoms with van der Waals surface area (Å²) in [5.41, 5.74) is -0.368. The summed E-state index contributed by atoms with van der Waals surface area (Å²) in [5, 5.41) is 0. The Morgan fingerprint density at radius 2 is 1.80 bits per heavy atom. The Morgan fingerprint density at radius 1 is 1.20 bits per heavy atom. The van der Waals surface area contributed by atoms with Crippen molar-refractivity contribution in [1.82, 2.24) is 0 Å². The quantitative estimate of drug-likeness (QED) is 0.346. The van der Waals surface area contributed by atoms with E-state index in [4.69, 9.17) is 4.74 Å². The third-order valence-electron chi connectivity index (χ3n) is 2.28. The van der Waals surface area contributed by atoms with Gasteiger partial charge in [0.2, 0.25) is 0 Å². The molecule has 0 atom stereocenters. The van der Waals surface area contributed by atoms with E-state index >= 15 is 0 Å². The Labute approximate surface area is 91.6 Å². The molecule has 0 fully saturated rings. The molecule has 0 N–H and O–H groups in total. The minimum absolute atomic E-state index is 0.249. The zero-order valence-electron chi connectivity index (χ0n) is 9.08. The van der Waals surface area contributed by atoms with Gasteiger partial charge in [0.15, 0.2) is 0 Å². The first kappa shape index (κ1) is 13.4. The fourth-order valence-corrected chi connectivity index (χ4v) is 1.11. The van der Waals surface area contributed by atoms with Crippen LogP contribution in [0.1, 0.15) is 12.8 Å². The van der Waals surface area contributed by atoms with Crippen molar-refractivity contribution in [3.05, 3.63) is 50.6 Å². The van der Waals surface area contributed by atoms with Crippen LogP contribution in [0.15, 0.2) is 50.6 Å². The summed E-state index contributed by atoms with van der Waals surface area (Å²) >= 11 is 0. The minimum atomic E-state index is -0.429. The van der Waals surface area contributed by atoms with Crippen molar-refractivity contribution in [2.75, 3.05) is 6.61 Å². The van der Waals surface area contributed by atoms with E-state index in [0.717, 1.165) is 18.9 Å². The second-order valence-corrected chi connectivity index (χ2v) is 3.28. The van der Waals surface area contributed by atoms with Crippen molar-refractivity contribution < 1.29 is 9.53 Å². The number of allylic oxidation sites excluding steroid dienone is 1. The van der Waals surface area contributed by atoms with Gasteiger partial charge in [-0.05, 0) is 12.8 Å². The van der Waals surface area contributed by atoms with Gasteiger partial charge < -0.3 is 4.74 Å². The number of carbonyl (C=O) groups excluding carboxylic acids is 1. The van der Waals surface area contributed by atoms with E-state index in [1.165, 1.54) is 0 Å². The van der Waals surface area contributed by atoms with Crippen molar-refractivity contribution in [1.29, 1.82) is 0 Å². The average molecular weight is 206 g/mol. The van der Waals surface area contributed by atoms with Crippen LogP contribution in [0.2, 0.25) is 0 Å². The molecule has 15 heavy (non-hydrogen) atoms. The maximum atomic E-state index is 10.9. The first-order chi connectivity index (χ1) is 7.14. The van der Waals surface area contributed by atoms with Crippen molar-refractivity contribution in [2.24, 2.45) is 5.41 Å². The highest BCUT2D eigenvalue weighted by Gasteiger charge is 2.23. The average Bonchev–Trinajstić information content (AvgIpc) is 2.30. The minimum Gasteiger partial charge on any atom is -0.461 e. The van der Waals surface area contributed by atoms with Gasteiger partial charge in [0, 0.05) is 11.5 Å². The van der Waals surface area contributed by atoms with Crippen molar-refractivity contribution in [3.8, 4) is 0 Å². The lowest BCUT2D eigenvalue weighted by atomic mass is 9.84. The number of rotatable bonds is 8. The second kappa shape index (κ2) is 6.82. The van der Waals surface area contributed by atoms with Crippen LogP contribution in [0.4, 0.5) is 0 Å². The summed E-state index contributed by atoms with van der Waals surface area (Å²) in [6.45, 7) is 14.7. The number of hydrogen-bond donors (Lipinski definition) is 0. The molecule has 0 unspecified atom stereocenters. The van der Waals surface area contributed by atoms with Gasteiger partial charge in [-0.1, -0.05) is 24.8 Å². The molecule has 0 rings (SSSR count). The number of carbonyl (C=O) groups is 1. The van der Waals surface area contributed by atoms with Crippen LogP contribution < -0.4 is 0 Å². The van der Waals surface area contributed by atoms with Gasteiger partial charge in [-0.25, -0.2) is 4.79 Å². The molecule has 0 bridgehead atoms. The summed E-state index contributed by atoms with van der Waals surface area (Å²) in [6.07, 6.45) is 8.07. The Kier molecular flexibility index (Phi) is 6.11. The standard InChI is InChI=1S/C13H18O2/c1-5-9-10-13(7-3,8-4)11-15-12(14)6-2/h5-8H,1-4,9-11H2. The molecule has 0 aliphatic rings. The molecule has 2 nitrogen and oxygen atoms in total. The molecule has 0 saturated heterocycles. The maximum absolute atomic E-state index is 10.9. The van der Waals surface area contributed by atoms with Gasteiger partial charge in [0.1, 0.15) is 6.61 Å². The molecule has 2 heteroatoms. The van der Waals surface area contributed by atoms with Crippen LogP contribution in [0.3, 0.4) is 0 Å². The largest absolute Gasteiger partial charge is 0.461 e. The van der Waals surface area contributed by atoms with Gasteiger partial charge in [-0.2, -0.15) is 0 Å². The highest BCUT2D eigenvalue weighted by atomic mass is 16.5. The van der Waals surface area contributed by atoms with Gasteiger partial charge in [0.05, 0.1) is 0 Å². The van der Waals surface area contributed by atoms with E-state index in [9.17, 15) is 4.79 Å². The Balaban J connectivity index is 4.41. The Bertz CT molecular complexity index is 256. The molecule has 0 amide bonds. The first-order valence-corrected chi connectivity index (χ1v) is 4.81. The summed E-state index contributed by atoms with van der Waals surface area (Å²) in [4.78, 5) is 10.9. The number of esters is 1. The third-order valence-corrected chi connectivity index (χ3v) is 2.28. The van der Waals surface area contributed by atoms with Crippen molar-refractivity contribution >= 4 is 5.97 Å². The summed E-state index contributed by atoms with van der Waals surface area (Å²) in [5.74, 6) is -0.429. The van der Waals surface area contributed by atoms with Crippen LogP contribution in [0.25, 0.3) is 0 Å². The Morgan fingerprint density at radius 3 is 2.20 bits per heavy atom. The van der Waals surface area contributed by atoms with E-state index < -0.39 is 5.97 Å². The molecule has 0 aromatic rings. The van der Waals surface area contributed by atoms with E-state index in [2.05, 4.69) is 26.3 Å².